The van der Waals surface area contributed by atoms with Gasteiger partial charge in [-0.15, -0.1) is 0 Å². The zero-order valence-corrected chi connectivity index (χ0v) is 14.6. The topological polar surface area (TPSA) is 79.2 Å². The van der Waals surface area contributed by atoms with Crippen molar-refractivity contribution in [2.24, 2.45) is 5.92 Å². The van der Waals surface area contributed by atoms with Gasteiger partial charge in [-0.3, -0.25) is 0 Å². The van der Waals surface area contributed by atoms with Crippen LogP contribution in [0.25, 0.3) is 0 Å². The van der Waals surface area contributed by atoms with Gasteiger partial charge in [0.25, 0.3) is 0 Å². The second-order valence-electron chi connectivity index (χ2n) is 6.08. The van der Waals surface area contributed by atoms with Gasteiger partial charge in [0.05, 0.1) is 6.54 Å². The number of thiophene rings is 1. The van der Waals surface area contributed by atoms with E-state index in [0.717, 1.165) is 17.9 Å². The molecule has 0 fully saturated rings. The Hall–Kier alpha value is -1.86. The second kappa shape index (κ2) is 7.61. The SMILES string of the molecule is Cc1nccn1CC(C)CNC(=O)NCC(C)(O)c1ccsc1. The lowest BCUT2D eigenvalue weighted by atomic mass is 9.99. The zero-order chi connectivity index (χ0) is 16.9. The molecular weight excluding hydrogens is 312 g/mol. The van der Waals surface area contributed by atoms with E-state index in [0.29, 0.717) is 6.54 Å². The molecule has 2 atom stereocenters. The molecule has 0 aliphatic carbocycles. The molecular formula is C16H24N4O2S. The Morgan fingerprint density at radius 2 is 2.30 bits per heavy atom. The van der Waals surface area contributed by atoms with Crippen LogP contribution in [0.15, 0.2) is 29.2 Å². The number of imidazole rings is 1. The number of nitrogens with zero attached hydrogens (tertiary/aromatic N) is 2. The predicted molar refractivity (Wildman–Crippen MR) is 91.4 cm³/mol. The molecule has 6 nitrogen and oxygen atoms in total. The van der Waals surface area contributed by atoms with E-state index in [1.165, 1.54) is 11.3 Å². The summed E-state index contributed by atoms with van der Waals surface area (Å²) in [4.78, 5) is 16.1. The van der Waals surface area contributed by atoms with Crippen LogP contribution >= 0.6 is 11.3 Å². The maximum Gasteiger partial charge on any atom is 0.314 e. The summed E-state index contributed by atoms with van der Waals surface area (Å²) < 4.78 is 2.06. The largest absolute Gasteiger partial charge is 0.384 e. The average Bonchev–Trinajstić information content (AvgIpc) is 3.16. The van der Waals surface area contributed by atoms with Gasteiger partial charge in [0.15, 0.2) is 0 Å². The van der Waals surface area contributed by atoms with Crippen molar-refractivity contribution in [1.82, 2.24) is 20.2 Å². The summed E-state index contributed by atoms with van der Waals surface area (Å²) in [5.74, 6) is 1.25. The molecule has 0 aromatic carbocycles. The molecule has 2 aromatic rings. The van der Waals surface area contributed by atoms with E-state index in [2.05, 4.69) is 27.1 Å². The highest BCUT2D eigenvalue weighted by atomic mass is 32.1. The van der Waals surface area contributed by atoms with Crippen LogP contribution in [-0.2, 0) is 12.1 Å². The van der Waals surface area contributed by atoms with Crippen molar-refractivity contribution in [2.75, 3.05) is 13.1 Å². The van der Waals surface area contributed by atoms with Crippen molar-refractivity contribution in [2.45, 2.75) is 32.9 Å². The fraction of sp³-hybridized carbons (Fsp3) is 0.500. The van der Waals surface area contributed by atoms with Crippen molar-refractivity contribution >= 4 is 17.4 Å². The van der Waals surface area contributed by atoms with Crippen molar-refractivity contribution in [3.8, 4) is 0 Å². The Bertz CT molecular complexity index is 622. The van der Waals surface area contributed by atoms with E-state index >= 15 is 0 Å². The lowest BCUT2D eigenvalue weighted by Gasteiger charge is -2.23. The molecule has 2 rings (SSSR count). The number of nitrogens with one attached hydrogen (secondary N) is 2. The maximum atomic E-state index is 11.9. The number of rotatable bonds is 7. The molecule has 0 saturated carbocycles. The molecule has 3 N–H and O–H groups in total. The van der Waals surface area contributed by atoms with Crippen LogP contribution in [0.2, 0.25) is 0 Å². The highest BCUT2D eigenvalue weighted by Gasteiger charge is 2.24. The number of carbonyl (C=O) groups excluding carboxylic acids is 1. The fourth-order valence-corrected chi connectivity index (χ4v) is 3.03. The molecule has 0 spiro atoms. The summed E-state index contributed by atoms with van der Waals surface area (Å²) >= 11 is 1.52. The van der Waals surface area contributed by atoms with Gasteiger partial charge < -0.3 is 20.3 Å². The van der Waals surface area contributed by atoms with E-state index in [9.17, 15) is 9.90 Å². The lowest BCUT2D eigenvalue weighted by Crippen LogP contribution is -2.44. The number of urea groups is 1. The third-order valence-electron chi connectivity index (χ3n) is 3.78. The van der Waals surface area contributed by atoms with Crippen molar-refractivity contribution < 1.29 is 9.90 Å². The number of amides is 2. The minimum Gasteiger partial charge on any atom is -0.384 e. The quantitative estimate of drug-likeness (QED) is 0.724. The van der Waals surface area contributed by atoms with Crippen LogP contribution in [-0.4, -0.2) is 33.8 Å². The summed E-state index contributed by atoms with van der Waals surface area (Å²) in [5.41, 5.74) is -0.247. The smallest absolute Gasteiger partial charge is 0.314 e. The molecule has 23 heavy (non-hydrogen) atoms. The van der Waals surface area contributed by atoms with E-state index < -0.39 is 5.60 Å². The molecule has 0 radical (unpaired) electrons. The van der Waals surface area contributed by atoms with Crippen LogP contribution in [0.1, 0.15) is 25.2 Å². The van der Waals surface area contributed by atoms with Gasteiger partial charge in [0, 0.05) is 25.5 Å². The molecule has 126 valence electrons. The first-order chi connectivity index (χ1) is 10.9. The number of aromatic nitrogens is 2. The normalized spacial score (nSPS) is 15.0. The van der Waals surface area contributed by atoms with Gasteiger partial charge in [-0.05, 0) is 42.2 Å². The lowest BCUT2D eigenvalue weighted by molar-refractivity contribution is 0.0598. The van der Waals surface area contributed by atoms with Crippen LogP contribution in [0.5, 0.6) is 0 Å². The second-order valence-corrected chi connectivity index (χ2v) is 6.86. The van der Waals surface area contributed by atoms with Gasteiger partial charge in [-0.1, -0.05) is 6.92 Å². The number of aryl methyl sites for hydroxylation is 1. The Labute approximate surface area is 140 Å². The third kappa shape index (κ3) is 5.07. The molecule has 2 amide bonds. The highest BCUT2D eigenvalue weighted by Crippen LogP contribution is 2.21. The van der Waals surface area contributed by atoms with E-state index in [4.69, 9.17) is 0 Å². The molecule has 0 bridgehead atoms. The Morgan fingerprint density at radius 1 is 1.52 bits per heavy atom. The molecule has 0 aliphatic rings. The minimum absolute atomic E-state index is 0.171. The monoisotopic (exact) mass is 336 g/mol. The molecule has 7 heteroatoms. The van der Waals surface area contributed by atoms with Crippen molar-refractivity contribution in [1.29, 1.82) is 0 Å². The number of carbonyl (C=O) groups is 1. The van der Waals surface area contributed by atoms with Gasteiger partial charge in [0.2, 0.25) is 0 Å². The minimum atomic E-state index is -1.06. The average molecular weight is 336 g/mol. The first-order valence-electron chi connectivity index (χ1n) is 7.63. The van der Waals surface area contributed by atoms with E-state index in [1.807, 2.05) is 29.9 Å². The van der Waals surface area contributed by atoms with Gasteiger partial charge >= 0.3 is 6.03 Å². The van der Waals surface area contributed by atoms with Crippen LogP contribution in [0.4, 0.5) is 4.79 Å². The fourth-order valence-electron chi connectivity index (χ4n) is 2.25. The number of aliphatic hydroxyl groups is 1. The van der Waals surface area contributed by atoms with Crippen LogP contribution in [0.3, 0.4) is 0 Å². The van der Waals surface area contributed by atoms with Crippen molar-refractivity contribution in [3.63, 3.8) is 0 Å². The Morgan fingerprint density at radius 3 is 2.91 bits per heavy atom. The summed E-state index contributed by atoms with van der Waals surface area (Å²) in [7, 11) is 0. The predicted octanol–water partition coefficient (Wildman–Crippen LogP) is 2.10. The van der Waals surface area contributed by atoms with Gasteiger partial charge in [0.1, 0.15) is 11.4 Å². The molecule has 2 unspecified atom stereocenters. The van der Waals surface area contributed by atoms with Crippen LogP contribution < -0.4 is 10.6 Å². The third-order valence-corrected chi connectivity index (χ3v) is 4.46. The Balaban J connectivity index is 1.72. The summed E-state index contributed by atoms with van der Waals surface area (Å²) in [5, 5.41) is 19.7. The zero-order valence-electron chi connectivity index (χ0n) is 13.7. The Kier molecular flexibility index (Phi) is 5.79. The van der Waals surface area contributed by atoms with Crippen molar-refractivity contribution in [3.05, 3.63) is 40.6 Å². The standard InChI is InChI=1S/C16H24N4O2S/c1-12(9-20-6-5-17-13(20)2)8-18-15(21)19-11-16(3,22)14-4-7-23-10-14/h4-7,10,12,22H,8-9,11H2,1-3H3,(H2,18,19,21). The van der Waals surface area contributed by atoms with E-state index in [1.54, 1.807) is 13.1 Å². The first kappa shape index (κ1) is 17.5. The summed E-state index contributed by atoms with van der Waals surface area (Å²) in [6, 6.07) is 1.59. The highest BCUT2D eigenvalue weighted by molar-refractivity contribution is 7.08. The first-order valence-corrected chi connectivity index (χ1v) is 8.57. The molecule has 0 saturated heterocycles. The van der Waals surface area contributed by atoms with E-state index in [-0.39, 0.29) is 18.5 Å². The summed E-state index contributed by atoms with van der Waals surface area (Å²) in [6.07, 6.45) is 3.71. The van der Waals surface area contributed by atoms with Crippen LogP contribution in [0, 0.1) is 12.8 Å². The molecule has 2 aromatic heterocycles. The maximum absolute atomic E-state index is 11.9. The number of hydrogen-bond acceptors (Lipinski definition) is 4. The number of hydrogen-bond donors (Lipinski definition) is 3. The molecule has 2 heterocycles. The molecule has 0 aliphatic heterocycles. The van der Waals surface area contributed by atoms with Gasteiger partial charge in [-0.2, -0.15) is 11.3 Å². The van der Waals surface area contributed by atoms with Gasteiger partial charge in [-0.25, -0.2) is 9.78 Å². The summed E-state index contributed by atoms with van der Waals surface area (Å²) in [6.45, 7) is 7.26.